The van der Waals surface area contributed by atoms with Gasteiger partial charge in [-0.05, 0) is 50.7 Å². The number of aromatic nitrogens is 2. The van der Waals surface area contributed by atoms with Crippen LogP contribution in [0.5, 0.6) is 0 Å². The van der Waals surface area contributed by atoms with Crippen LogP contribution >= 0.6 is 0 Å². The second kappa shape index (κ2) is 13.0. The maximum absolute atomic E-state index is 14.3. The maximum atomic E-state index is 14.3. The number of benzene rings is 1. The summed E-state index contributed by atoms with van der Waals surface area (Å²) >= 11 is 0. The molecule has 3 nitrogen and oxygen atoms in total. The summed E-state index contributed by atoms with van der Waals surface area (Å²) in [6.07, 6.45) is 15.9. The van der Waals surface area contributed by atoms with Gasteiger partial charge in [0.1, 0.15) is 0 Å². The summed E-state index contributed by atoms with van der Waals surface area (Å²) in [4.78, 5) is 8.39. The summed E-state index contributed by atoms with van der Waals surface area (Å²) in [6, 6.07) is 3.05. The summed E-state index contributed by atoms with van der Waals surface area (Å²) in [6.45, 7) is 8.70. The van der Waals surface area contributed by atoms with E-state index < -0.39 is 11.6 Å². The van der Waals surface area contributed by atoms with E-state index in [1.165, 1.54) is 25.0 Å². The molecule has 1 aromatic heterocycles. The van der Waals surface area contributed by atoms with Gasteiger partial charge >= 0.3 is 0 Å². The molecular weight excluding hydrogens is 382 g/mol. The molecule has 0 saturated carbocycles. The van der Waals surface area contributed by atoms with Crippen molar-refractivity contribution in [3.05, 3.63) is 66.0 Å². The van der Waals surface area contributed by atoms with E-state index in [1.54, 1.807) is 18.5 Å². The first-order valence-electron chi connectivity index (χ1n) is 10.7. The molecule has 162 valence electrons. The number of nitrogens with zero attached hydrogens (tertiary/aromatic N) is 2. The summed E-state index contributed by atoms with van der Waals surface area (Å²) < 4.78 is 34.2. The van der Waals surface area contributed by atoms with Crippen LogP contribution in [-0.2, 0) is 11.2 Å². The van der Waals surface area contributed by atoms with Crippen LogP contribution in [-0.4, -0.2) is 22.7 Å². The van der Waals surface area contributed by atoms with Crippen molar-refractivity contribution in [3.63, 3.8) is 0 Å². The third-order valence-electron chi connectivity index (χ3n) is 4.88. The number of halogens is 2. The molecule has 5 heteroatoms. The van der Waals surface area contributed by atoms with Gasteiger partial charge in [-0.1, -0.05) is 44.1 Å². The molecule has 0 N–H and O–H groups in total. The third-order valence-corrected chi connectivity index (χ3v) is 4.88. The van der Waals surface area contributed by atoms with E-state index >= 15 is 0 Å². The van der Waals surface area contributed by atoms with Crippen molar-refractivity contribution in [2.24, 2.45) is 0 Å². The fourth-order valence-electron chi connectivity index (χ4n) is 3.10. The van der Waals surface area contributed by atoms with Crippen LogP contribution in [0, 0.1) is 11.6 Å². The molecule has 1 atom stereocenters. The number of hydrogen-bond acceptors (Lipinski definition) is 3. The topological polar surface area (TPSA) is 35.0 Å². The summed E-state index contributed by atoms with van der Waals surface area (Å²) in [5.41, 5.74) is 1.15. The Morgan fingerprint density at radius 2 is 1.87 bits per heavy atom. The largest absolute Gasteiger partial charge is 0.379 e. The highest BCUT2D eigenvalue weighted by atomic mass is 19.2. The molecule has 0 bridgehead atoms. The zero-order valence-corrected chi connectivity index (χ0v) is 18.0. The third kappa shape index (κ3) is 7.45. The van der Waals surface area contributed by atoms with Crippen LogP contribution in [0.2, 0.25) is 0 Å². The number of hydrogen-bond donors (Lipinski definition) is 0. The first-order valence-corrected chi connectivity index (χ1v) is 10.7. The Morgan fingerprint density at radius 1 is 1.10 bits per heavy atom. The zero-order valence-electron chi connectivity index (χ0n) is 18.0. The van der Waals surface area contributed by atoms with Crippen molar-refractivity contribution >= 4 is 6.08 Å². The van der Waals surface area contributed by atoms with Crippen LogP contribution in [0.25, 0.3) is 17.5 Å². The molecule has 0 aliphatic heterocycles. The van der Waals surface area contributed by atoms with Gasteiger partial charge in [0.25, 0.3) is 0 Å². The van der Waals surface area contributed by atoms with Crippen LogP contribution in [0.15, 0.2) is 43.3 Å². The van der Waals surface area contributed by atoms with Crippen molar-refractivity contribution in [2.75, 3.05) is 6.61 Å². The standard InChI is InChI=1S/C25H32F2N2O/c1-4-6-10-16-30-19(3)12-8-7-9-13-20-17-28-25(29-18-20)22-15-14-21(11-5-2)23(26)24(22)27/h5,9,13-15,17-19H,2,4,6-8,10-12,16H2,1,3H3/b13-9+. The number of unbranched alkanes of at least 4 members (excludes halogenated alkanes) is 3. The fraction of sp³-hybridized carbons (Fsp3) is 0.440. The monoisotopic (exact) mass is 414 g/mol. The number of allylic oxidation sites excluding steroid dienone is 2. The van der Waals surface area contributed by atoms with E-state index in [0.29, 0.717) is 0 Å². The summed E-state index contributed by atoms with van der Waals surface area (Å²) in [5, 5.41) is 0. The highest BCUT2D eigenvalue weighted by molar-refractivity contribution is 5.58. The minimum Gasteiger partial charge on any atom is -0.379 e. The minimum atomic E-state index is -0.927. The van der Waals surface area contributed by atoms with E-state index in [2.05, 4.69) is 36.5 Å². The number of rotatable bonds is 13. The predicted molar refractivity (Wildman–Crippen MR) is 119 cm³/mol. The molecule has 0 fully saturated rings. The van der Waals surface area contributed by atoms with Gasteiger partial charge in [-0.3, -0.25) is 0 Å². The Hall–Kier alpha value is -2.40. The zero-order chi connectivity index (χ0) is 21.8. The lowest BCUT2D eigenvalue weighted by Gasteiger charge is -2.11. The molecule has 0 radical (unpaired) electrons. The van der Waals surface area contributed by atoms with E-state index in [9.17, 15) is 8.78 Å². The molecule has 2 aromatic rings. The molecule has 0 amide bonds. The van der Waals surface area contributed by atoms with Crippen molar-refractivity contribution in [3.8, 4) is 11.4 Å². The predicted octanol–water partition coefficient (Wildman–Crippen LogP) is 6.93. The summed E-state index contributed by atoms with van der Waals surface area (Å²) in [5.74, 6) is -1.63. The van der Waals surface area contributed by atoms with Gasteiger partial charge in [0.15, 0.2) is 17.5 Å². The highest BCUT2D eigenvalue weighted by Gasteiger charge is 2.15. The lowest BCUT2D eigenvalue weighted by atomic mass is 10.1. The van der Waals surface area contributed by atoms with Crippen LogP contribution in [0.4, 0.5) is 8.78 Å². The SMILES string of the molecule is C=CCc1ccc(-c2ncc(/C=C/CCCC(C)OCCCCC)cn2)c(F)c1F. The average Bonchev–Trinajstić information content (AvgIpc) is 2.75. The molecule has 2 rings (SSSR count). The highest BCUT2D eigenvalue weighted by Crippen LogP contribution is 2.24. The first kappa shape index (κ1) is 23.9. The Morgan fingerprint density at radius 3 is 2.57 bits per heavy atom. The minimum absolute atomic E-state index is 0.0590. The Kier molecular flexibility index (Phi) is 10.4. The molecule has 1 aromatic carbocycles. The van der Waals surface area contributed by atoms with Crippen molar-refractivity contribution in [1.82, 2.24) is 9.97 Å². The molecule has 0 aliphatic rings. The number of ether oxygens (including phenoxy) is 1. The fourth-order valence-corrected chi connectivity index (χ4v) is 3.10. The average molecular weight is 415 g/mol. The first-order chi connectivity index (χ1) is 14.6. The smallest absolute Gasteiger partial charge is 0.170 e. The normalized spacial score (nSPS) is 12.4. The van der Waals surface area contributed by atoms with E-state index in [1.807, 2.05) is 6.08 Å². The quantitative estimate of drug-likeness (QED) is 0.263. The summed E-state index contributed by atoms with van der Waals surface area (Å²) in [7, 11) is 0. The second-order valence-corrected chi connectivity index (χ2v) is 7.45. The van der Waals surface area contributed by atoms with Gasteiger partial charge in [-0.25, -0.2) is 18.7 Å². The molecule has 1 heterocycles. The molecule has 30 heavy (non-hydrogen) atoms. The van der Waals surface area contributed by atoms with Gasteiger partial charge in [-0.2, -0.15) is 0 Å². The van der Waals surface area contributed by atoms with Crippen molar-refractivity contribution < 1.29 is 13.5 Å². The Balaban J connectivity index is 1.83. The van der Waals surface area contributed by atoms with Gasteiger partial charge in [0.2, 0.25) is 0 Å². The van der Waals surface area contributed by atoms with Crippen LogP contribution in [0.1, 0.15) is 63.5 Å². The van der Waals surface area contributed by atoms with Crippen LogP contribution < -0.4 is 0 Å². The van der Waals surface area contributed by atoms with Crippen molar-refractivity contribution in [2.45, 2.75) is 64.9 Å². The van der Waals surface area contributed by atoms with Crippen LogP contribution in [0.3, 0.4) is 0 Å². The lowest BCUT2D eigenvalue weighted by Crippen LogP contribution is -2.08. The molecule has 0 spiro atoms. The molecule has 1 unspecified atom stereocenters. The van der Waals surface area contributed by atoms with Gasteiger partial charge in [0.05, 0.1) is 11.7 Å². The molecular formula is C25H32F2N2O. The van der Waals surface area contributed by atoms with Crippen molar-refractivity contribution in [1.29, 1.82) is 0 Å². The Bertz CT molecular complexity index is 819. The molecule has 0 aliphatic carbocycles. The van der Waals surface area contributed by atoms with Gasteiger partial charge in [-0.15, -0.1) is 6.58 Å². The maximum Gasteiger partial charge on any atom is 0.170 e. The van der Waals surface area contributed by atoms with E-state index in [0.717, 1.165) is 37.9 Å². The van der Waals surface area contributed by atoms with Gasteiger partial charge in [0, 0.05) is 24.6 Å². The molecule has 0 saturated heterocycles. The van der Waals surface area contributed by atoms with E-state index in [4.69, 9.17) is 4.74 Å². The second-order valence-electron chi connectivity index (χ2n) is 7.45. The Labute approximate surface area is 178 Å². The van der Waals surface area contributed by atoms with E-state index in [-0.39, 0.29) is 29.5 Å². The van der Waals surface area contributed by atoms with Gasteiger partial charge < -0.3 is 4.74 Å². The lowest BCUT2D eigenvalue weighted by molar-refractivity contribution is 0.0566.